The molecule has 0 radical (unpaired) electrons. The van der Waals surface area contributed by atoms with E-state index in [9.17, 15) is 0 Å². The van der Waals surface area contributed by atoms with Crippen LogP contribution >= 0.6 is 0 Å². The third kappa shape index (κ3) is 2.82. The summed E-state index contributed by atoms with van der Waals surface area (Å²) in [6.07, 6.45) is 3.96. The summed E-state index contributed by atoms with van der Waals surface area (Å²) < 4.78 is 4.11. The molecule has 3 heterocycles. The van der Waals surface area contributed by atoms with Crippen LogP contribution in [0.1, 0.15) is 24.7 Å². The Hall–Kier alpha value is -3.74. The van der Waals surface area contributed by atoms with Gasteiger partial charge >= 0.3 is 0 Å². The highest BCUT2D eigenvalue weighted by Gasteiger charge is 2.28. The highest BCUT2D eigenvalue weighted by Crippen LogP contribution is 2.38. The molecule has 5 aromatic rings. The number of aromatic nitrogens is 6. The molecule has 0 aliphatic heterocycles. The first-order chi connectivity index (χ1) is 14.4. The van der Waals surface area contributed by atoms with Gasteiger partial charge in [-0.25, -0.2) is 9.97 Å². The van der Waals surface area contributed by atoms with Crippen molar-refractivity contribution in [2.75, 3.05) is 5.32 Å². The van der Waals surface area contributed by atoms with E-state index >= 15 is 0 Å². The zero-order valence-corrected chi connectivity index (χ0v) is 15.7. The molecule has 29 heavy (non-hydrogen) atoms. The first-order valence-corrected chi connectivity index (χ1v) is 9.83. The van der Waals surface area contributed by atoms with Gasteiger partial charge in [-0.1, -0.05) is 42.5 Å². The smallest absolute Gasteiger partial charge is 0.254 e. The molecule has 2 aromatic carbocycles. The fourth-order valence-corrected chi connectivity index (χ4v) is 3.82. The van der Waals surface area contributed by atoms with Gasteiger partial charge in [0.25, 0.3) is 5.78 Å². The van der Waals surface area contributed by atoms with Crippen molar-refractivity contribution < 1.29 is 0 Å². The van der Waals surface area contributed by atoms with E-state index in [0.717, 1.165) is 28.4 Å². The van der Waals surface area contributed by atoms with E-state index in [4.69, 9.17) is 4.98 Å². The highest BCUT2D eigenvalue weighted by molar-refractivity contribution is 5.76. The summed E-state index contributed by atoms with van der Waals surface area (Å²) >= 11 is 0. The number of nitrogens with one attached hydrogen (secondary N) is 1. The molecule has 0 saturated heterocycles. The molecule has 1 aliphatic rings. The zero-order chi connectivity index (χ0) is 19.2. The molecule has 0 spiro atoms. The topological polar surface area (TPSA) is 72.9 Å². The summed E-state index contributed by atoms with van der Waals surface area (Å²) in [5, 5.41) is 7.85. The Morgan fingerprint density at radius 2 is 1.79 bits per heavy atom. The summed E-state index contributed by atoms with van der Waals surface area (Å²) in [5.74, 6) is 2.46. The van der Waals surface area contributed by atoms with Crippen LogP contribution in [0.15, 0.2) is 67.0 Å². The van der Waals surface area contributed by atoms with Crippen molar-refractivity contribution in [3.8, 4) is 11.3 Å². The molecule has 0 atom stereocenters. The number of rotatable bonds is 5. The minimum atomic E-state index is 0.558. The zero-order valence-electron chi connectivity index (χ0n) is 15.7. The van der Waals surface area contributed by atoms with Gasteiger partial charge in [-0.3, -0.25) is 0 Å². The maximum absolute atomic E-state index is 4.88. The van der Waals surface area contributed by atoms with Crippen LogP contribution in [0, 0.1) is 0 Å². The van der Waals surface area contributed by atoms with Gasteiger partial charge in [0, 0.05) is 17.7 Å². The average molecular weight is 381 g/mol. The summed E-state index contributed by atoms with van der Waals surface area (Å²) in [5.41, 5.74) is 4.16. The molecule has 6 rings (SSSR count). The van der Waals surface area contributed by atoms with Crippen LogP contribution in [0.2, 0.25) is 0 Å². The van der Waals surface area contributed by atoms with Crippen molar-refractivity contribution >= 4 is 22.6 Å². The van der Waals surface area contributed by atoms with Gasteiger partial charge in [-0.2, -0.15) is 14.6 Å². The molecule has 1 N–H and O–H groups in total. The lowest BCUT2D eigenvalue weighted by Gasteiger charge is -2.12. The van der Waals surface area contributed by atoms with Crippen molar-refractivity contribution in [1.29, 1.82) is 0 Å². The van der Waals surface area contributed by atoms with Crippen LogP contribution in [0.25, 0.3) is 28.1 Å². The lowest BCUT2D eigenvalue weighted by atomic mass is 10.1. The first-order valence-electron chi connectivity index (χ1n) is 9.83. The van der Waals surface area contributed by atoms with E-state index in [1.807, 2.05) is 42.5 Å². The molecule has 7 nitrogen and oxygen atoms in total. The number of imidazole rings is 1. The molecular formula is C22H19N7. The van der Waals surface area contributed by atoms with Gasteiger partial charge in [0.2, 0.25) is 0 Å². The SMILES string of the molecule is c1ccc(-c2cc(NCc3nc4ccccc4n3C3CC3)n3ncnc3n2)cc1. The lowest BCUT2D eigenvalue weighted by Crippen LogP contribution is -2.11. The van der Waals surface area contributed by atoms with Crippen molar-refractivity contribution in [3.63, 3.8) is 0 Å². The Morgan fingerprint density at radius 3 is 2.66 bits per heavy atom. The Bertz CT molecular complexity index is 1320. The Morgan fingerprint density at radius 1 is 0.966 bits per heavy atom. The predicted octanol–water partition coefficient (Wildman–Crippen LogP) is 4.09. The van der Waals surface area contributed by atoms with E-state index in [1.165, 1.54) is 24.7 Å². The fraction of sp³-hybridized carbons (Fsp3) is 0.182. The van der Waals surface area contributed by atoms with Crippen LogP contribution in [-0.4, -0.2) is 29.1 Å². The predicted molar refractivity (Wildman–Crippen MR) is 112 cm³/mol. The molecule has 0 bridgehead atoms. The van der Waals surface area contributed by atoms with Crippen LogP contribution in [0.3, 0.4) is 0 Å². The molecule has 0 unspecified atom stereocenters. The number of fused-ring (bicyclic) bond motifs is 2. The number of anilines is 1. The van der Waals surface area contributed by atoms with Gasteiger partial charge in [0.15, 0.2) is 0 Å². The minimum Gasteiger partial charge on any atom is -0.363 e. The van der Waals surface area contributed by atoms with E-state index in [0.29, 0.717) is 18.4 Å². The maximum Gasteiger partial charge on any atom is 0.254 e. The first kappa shape index (κ1) is 16.2. The van der Waals surface area contributed by atoms with Gasteiger partial charge in [0.1, 0.15) is 18.0 Å². The third-order valence-electron chi connectivity index (χ3n) is 5.33. The Kier molecular flexibility index (Phi) is 3.59. The van der Waals surface area contributed by atoms with Crippen LogP contribution < -0.4 is 5.32 Å². The quantitative estimate of drug-likeness (QED) is 0.496. The van der Waals surface area contributed by atoms with Gasteiger partial charge in [-0.15, -0.1) is 0 Å². The molecule has 3 aromatic heterocycles. The van der Waals surface area contributed by atoms with E-state index in [2.05, 4.69) is 43.1 Å². The largest absolute Gasteiger partial charge is 0.363 e. The number of hydrogen-bond acceptors (Lipinski definition) is 5. The number of nitrogens with zero attached hydrogens (tertiary/aromatic N) is 6. The van der Waals surface area contributed by atoms with Crippen molar-refractivity contribution in [3.05, 3.63) is 72.8 Å². The molecule has 0 amide bonds. The molecule has 1 saturated carbocycles. The summed E-state index contributed by atoms with van der Waals surface area (Å²) in [6.45, 7) is 0.610. The normalized spacial score (nSPS) is 13.9. The van der Waals surface area contributed by atoms with Crippen LogP contribution in [-0.2, 0) is 6.54 Å². The Balaban J connectivity index is 1.39. The summed E-state index contributed by atoms with van der Waals surface area (Å²) in [7, 11) is 0. The summed E-state index contributed by atoms with van der Waals surface area (Å²) in [6, 6.07) is 21.0. The second-order valence-electron chi connectivity index (χ2n) is 7.34. The standard InChI is InChI=1S/C22H19N7/c1-2-6-15(7-3-1)18-12-20(29-22(27-18)24-14-25-29)23-13-21-26-17-8-4-5-9-19(17)28(21)16-10-11-16/h1-9,12,14,16,23H,10-11,13H2. The fourth-order valence-electron chi connectivity index (χ4n) is 3.82. The Labute approximate surface area is 167 Å². The lowest BCUT2D eigenvalue weighted by molar-refractivity contribution is 0.709. The van der Waals surface area contributed by atoms with E-state index < -0.39 is 0 Å². The van der Waals surface area contributed by atoms with E-state index in [1.54, 1.807) is 4.52 Å². The van der Waals surface area contributed by atoms with Gasteiger partial charge in [0.05, 0.1) is 23.3 Å². The number of hydrogen-bond donors (Lipinski definition) is 1. The molecule has 142 valence electrons. The number of para-hydroxylation sites is 2. The molecule has 7 heteroatoms. The second kappa shape index (κ2) is 6.41. The maximum atomic E-state index is 4.88. The van der Waals surface area contributed by atoms with Crippen molar-refractivity contribution in [2.45, 2.75) is 25.4 Å². The third-order valence-corrected chi connectivity index (χ3v) is 5.33. The number of benzene rings is 2. The van der Waals surface area contributed by atoms with E-state index in [-0.39, 0.29) is 0 Å². The molecule has 1 fully saturated rings. The minimum absolute atomic E-state index is 0.558. The summed E-state index contributed by atoms with van der Waals surface area (Å²) in [4.78, 5) is 13.8. The molecular weight excluding hydrogens is 362 g/mol. The highest BCUT2D eigenvalue weighted by atomic mass is 15.4. The second-order valence-corrected chi connectivity index (χ2v) is 7.34. The van der Waals surface area contributed by atoms with Crippen molar-refractivity contribution in [2.24, 2.45) is 0 Å². The van der Waals surface area contributed by atoms with Gasteiger partial charge < -0.3 is 9.88 Å². The van der Waals surface area contributed by atoms with Crippen LogP contribution in [0.5, 0.6) is 0 Å². The van der Waals surface area contributed by atoms with Crippen LogP contribution in [0.4, 0.5) is 5.82 Å². The van der Waals surface area contributed by atoms with Crippen molar-refractivity contribution in [1.82, 2.24) is 29.1 Å². The molecule has 1 aliphatic carbocycles. The monoisotopic (exact) mass is 381 g/mol. The average Bonchev–Trinajstić information content (AvgIpc) is 3.36. The van der Waals surface area contributed by atoms with Gasteiger partial charge in [-0.05, 0) is 25.0 Å².